The van der Waals surface area contributed by atoms with Gasteiger partial charge in [-0.05, 0) is 28.6 Å². The predicted octanol–water partition coefficient (Wildman–Crippen LogP) is 1.91. The number of thioether (sulfide) groups is 1. The molecule has 2 aliphatic heterocycles. The molecule has 0 bridgehead atoms. The third kappa shape index (κ3) is 2.52. The number of hydrogen-bond donors (Lipinski definition) is 0. The van der Waals surface area contributed by atoms with E-state index in [1.165, 1.54) is 11.9 Å². The Hall–Kier alpha value is -1.06. The van der Waals surface area contributed by atoms with Crippen molar-refractivity contribution >= 4 is 53.4 Å². The molecule has 3 heterocycles. The Morgan fingerprint density at radius 1 is 1.33 bits per heavy atom. The van der Waals surface area contributed by atoms with Crippen LogP contribution in [0.1, 0.15) is 5.69 Å². The van der Waals surface area contributed by atoms with Gasteiger partial charge in [0.2, 0.25) is 0 Å². The summed E-state index contributed by atoms with van der Waals surface area (Å²) in [6.07, 6.45) is 3.43. The van der Waals surface area contributed by atoms with Crippen molar-refractivity contribution in [2.45, 2.75) is 0 Å². The van der Waals surface area contributed by atoms with Crippen LogP contribution >= 0.6 is 35.7 Å². The van der Waals surface area contributed by atoms with Gasteiger partial charge in [-0.15, -0.1) is 22.0 Å². The maximum absolute atomic E-state index is 4.40. The number of nitrogens with zero attached hydrogens (tertiary/aromatic N) is 6. The molecule has 0 fully saturated rings. The van der Waals surface area contributed by atoms with Crippen molar-refractivity contribution in [2.24, 2.45) is 9.39 Å². The third-order valence-corrected chi connectivity index (χ3v) is 4.71. The van der Waals surface area contributed by atoms with E-state index in [0.717, 1.165) is 22.3 Å². The summed E-state index contributed by atoms with van der Waals surface area (Å²) in [5, 5.41) is 14.4. The summed E-state index contributed by atoms with van der Waals surface area (Å²) in [6, 6.07) is 1.84. The SMILES string of the molecule is C1=NCSN=C1N1SCSC=C1c1ccnnn1. The first-order valence-electron chi connectivity index (χ1n) is 5.04. The molecule has 0 N–H and O–H groups in total. The molecule has 0 saturated carbocycles. The van der Waals surface area contributed by atoms with Crippen LogP contribution < -0.4 is 0 Å². The summed E-state index contributed by atoms with van der Waals surface area (Å²) in [5.41, 5.74) is 1.76. The van der Waals surface area contributed by atoms with Gasteiger partial charge in [0.15, 0.2) is 5.84 Å². The second kappa shape index (κ2) is 5.72. The molecule has 3 rings (SSSR count). The fourth-order valence-corrected chi connectivity index (χ4v) is 3.81. The van der Waals surface area contributed by atoms with Gasteiger partial charge >= 0.3 is 0 Å². The number of amidine groups is 1. The van der Waals surface area contributed by atoms with Crippen LogP contribution in [0.5, 0.6) is 0 Å². The molecule has 0 saturated heterocycles. The highest BCUT2D eigenvalue weighted by Gasteiger charge is 2.23. The fraction of sp³-hybridized carbons (Fsp3) is 0.222. The van der Waals surface area contributed by atoms with E-state index in [4.69, 9.17) is 0 Å². The van der Waals surface area contributed by atoms with Crippen LogP contribution in [0.3, 0.4) is 0 Å². The summed E-state index contributed by atoms with van der Waals surface area (Å²) in [7, 11) is 0. The number of aliphatic imine (C=N–C) groups is 1. The Morgan fingerprint density at radius 3 is 3.11 bits per heavy atom. The zero-order valence-electron chi connectivity index (χ0n) is 9.13. The highest BCUT2D eigenvalue weighted by molar-refractivity contribution is 8.17. The lowest BCUT2D eigenvalue weighted by molar-refractivity contribution is 0.834. The Balaban J connectivity index is 1.93. The van der Waals surface area contributed by atoms with Crippen molar-refractivity contribution in [3.63, 3.8) is 0 Å². The van der Waals surface area contributed by atoms with Crippen LogP contribution in [0.4, 0.5) is 0 Å². The molecule has 0 aromatic carbocycles. The molecule has 0 unspecified atom stereocenters. The number of aromatic nitrogens is 3. The van der Waals surface area contributed by atoms with Gasteiger partial charge < -0.3 is 0 Å². The van der Waals surface area contributed by atoms with Crippen LogP contribution in [-0.4, -0.2) is 42.7 Å². The van der Waals surface area contributed by atoms with Gasteiger partial charge in [0.05, 0.1) is 23.2 Å². The molecule has 0 amide bonds. The van der Waals surface area contributed by atoms with E-state index >= 15 is 0 Å². The molecule has 0 radical (unpaired) electrons. The molecule has 0 aliphatic carbocycles. The van der Waals surface area contributed by atoms with Gasteiger partial charge in [0.25, 0.3) is 0 Å². The Kier molecular flexibility index (Phi) is 3.81. The predicted molar refractivity (Wildman–Crippen MR) is 78.1 cm³/mol. The van der Waals surface area contributed by atoms with Gasteiger partial charge in [0, 0.05) is 11.9 Å². The number of rotatable bonds is 1. The highest BCUT2D eigenvalue weighted by atomic mass is 32.2. The van der Waals surface area contributed by atoms with Gasteiger partial charge in [-0.2, -0.15) is 4.40 Å². The van der Waals surface area contributed by atoms with Crippen LogP contribution in [0.25, 0.3) is 5.70 Å². The normalized spacial score (nSPS) is 19.4. The highest BCUT2D eigenvalue weighted by Crippen LogP contribution is 2.35. The van der Waals surface area contributed by atoms with Crippen LogP contribution in [0.15, 0.2) is 27.1 Å². The van der Waals surface area contributed by atoms with Crippen LogP contribution in [0.2, 0.25) is 0 Å². The lowest BCUT2D eigenvalue weighted by Crippen LogP contribution is -2.27. The fourth-order valence-electron chi connectivity index (χ4n) is 1.41. The van der Waals surface area contributed by atoms with Gasteiger partial charge in [-0.1, -0.05) is 0 Å². The zero-order chi connectivity index (χ0) is 12.2. The molecule has 9 heteroatoms. The molecular formula is C9H8N6S3. The summed E-state index contributed by atoms with van der Waals surface area (Å²) < 4.78 is 6.44. The summed E-state index contributed by atoms with van der Waals surface area (Å²) in [5.74, 6) is 1.52. The van der Waals surface area contributed by atoms with Crippen molar-refractivity contribution in [2.75, 3.05) is 11.0 Å². The Labute approximate surface area is 117 Å². The topological polar surface area (TPSA) is 66.6 Å². The Morgan fingerprint density at radius 2 is 2.33 bits per heavy atom. The van der Waals surface area contributed by atoms with Gasteiger partial charge in [0.1, 0.15) is 11.6 Å². The smallest absolute Gasteiger partial charge is 0.169 e. The maximum Gasteiger partial charge on any atom is 0.169 e. The maximum atomic E-state index is 4.40. The van der Waals surface area contributed by atoms with Crippen molar-refractivity contribution in [3.8, 4) is 0 Å². The van der Waals surface area contributed by atoms with Crippen LogP contribution in [-0.2, 0) is 0 Å². The standard InChI is InChI=1S/C9H8N6S3/c1-2-11-14-12-7(1)8-4-16-6-18-15(8)9-3-10-5-17-13-9/h1-4H,5-6H2. The van der Waals surface area contributed by atoms with Crippen molar-refractivity contribution in [3.05, 3.63) is 23.4 Å². The van der Waals surface area contributed by atoms with E-state index in [2.05, 4.69) is 30.2 Å². The average molecular weight is 296 g/mol. The van der Waals surface area contributed by atoms with E-state index in [-0.39, 0.29) is 0 Å². The molecule has 6 nitrogen and oxygen atoms in total. The lowest BCUT2D eigenvalue weighted by atomic mass is 10.3. The summed E-state index contributed by atoms with van der Waals surface area (Å²) >= 11 is 4.85. The van der Waals surface area contributed by atoms with E-state index in [1.807, 2.05) is 10.4 Å². The Bertz CT molecular complexity index is 514. The van der Waals surface area contributed by atoms with E-state index < -0.39 is 0 Å². The second-order valence-corrected chi connectivity index (χ2v) is 6.07. The lowest BCUT2D eigenvalue weighted by Gasteiger charge is -2.27. The van der Waals surface area contributed by atoms with E-state index in [1.54, 1.807) is 36.1 Å². The minimum atomic E-state index is 0.685. The first-order valence-corrected chi connectivity index (χ1v) is 7.98. The quantitative estimate of drug-likeness (QED) is 0.733. The molecule has 1 aromatic heterocycles. The van der Waals surface area contributed by atoms with Gasteiger partial charge in [-0.3, -0.25) is 9.30 Å². The molecule has 92 valence electrons. The molecule has 18 heavy (non-hydrogen) atoms. The van der Waals surface area contributed by atoms with E-state index in [0.29, 0.717) is 5.88 Å². The van der Waals surface area contributed by atoms with Gasteiger partial charge in [-0.25, -0.2) is 0 Å². The summed E-state index contributed by atoms with van der Waals surface area (Å²) in [6.45, 7) is 0. The molecule has 2 aliphatic rings. The zero-order valence-corrected chi connectivity index (χ0v) is 11.6. The summed E-state index contributed by atoms with van der Waals surface area (Å²) in [4.78, 5) is 4.23. The van der Waals surface area contributed by atoms with Crippen molar-refractivity contribution in [1.29, 1.82) is 0 Å². The molecule has 1 aromatic rings. The second-order valence-electron chi connectivity index (χ2n) is 3.24. The minimum Gasteiger partial charge on any atom is -0.277 e. The first kappa shape index (κ1) is 12.0. The number of hydrogen-bond acceptors (Lipinski definition) is 9. The molecule has 0 spiro atoms. The average Bonchev–Trinajstić information content (AvgIpc) is 2.49. The first-order chi connectivity index (χ1) is 8.95. The van der Waals surface area contributed by atoms with E-state index in [9.17, 15) is 0 Å². The molecule has 0 atom stereocenters. The largest absolute Gasteiger partial charge is 0.277 e. The third-order valence-electron chi connectivity index (χ3n) is 2.13. The minimum absolute atomic E-state index is 0.685. The van der Waals surface area contributed by atoms with Crippen molar-refractivity contribution in [1.82, 2.24) is 19.7 Å². The van der Waals surface area contributed by atoms with Crippen molar-refractivity contribution < 1.29 is 0 Å². The van der Waals surface area contributed by atoms with Crippen LogP contribution in [0, 0.1) is 0 Å². The monoisotopic (exact) mass is 296 g/mol. The molecular weight excluding hydrogens is 288 g/mol.